The molecule has 1 aromatic rings. The van der Waals surface area contributed by atoms with Crippen LogP contribution < -0.4 is 5.32 Å². The Morgan fingerprint density at radius 1 is 1.16 bits per heavy atom. The molecule has 108 valence electrons. The van der Waals surface area contributed by atoms with Gasteiger partial charge in [-0.15, -0.1) is 0 Å². The monoisotopic (exact) mass is 265 g/mol. The van der Waals surface area contributed by atoms with Crippen LogP contribution in [-0.4, -0.2) is 25.4 Å². The van der Waals surface area contributed by atoms with E-state index in [0.717, 1.165) is 13.2 Å². The van der Waals surface area contributed by atoms with E-state index in [2.05, 4.69) is 43.4 Å². The van der Waals surface area contributed by atoms with E-state index in [9.17, 15) is 0 Å². The molecule has 0 fully saturated rings. The summed E-state index contributed by atoms with van der Waals surface area (Å²) in [6.07, 6.45) is 0.136. The third-order valence-electron chi connectivity index (χ3n) is 2.80. The second-order valence-electron chi connectivity index (χ2n) is 5.14. The van der Waals surface area contributed by atoms with Gasteiger partial charge >= 0.3 is 0 Å². The van der Waals surface area contributed by atoms with Gasteiger partial charge in [0, 0.05) is 19.2 Å². The summed E-state index contributed by atoms with van der Waals surface area (Å²) in [6, 6.07) is 9.03. The van der Waals surface area contributed by atoms with Gasteiger partial charge in [0.1, 0.15) is 0 Å². The lowest BCUT2D eigenvalue weighted by Crippen LogP contribution is -2.21. The number of rotatable bonds is 9. The Kier molecular flexibility index (Phi) is 7.72. The molecule has 0 saturated heterocycles. The summed E-state index contributed by atoms with van der Waals surface area (Å²) in [7, 11) is 0. The first-order valence-corrected chi connectivity index (χ1v) is 7.12. The zero-order valence-corrected chi connectivity index (χ0v) is 12.6. The summed E-state index contributed by atoms with van der Waals surface area (Å²) in [4.78, 5) is 0. The Balaban J connectivity index is 2.39. The molecule has 1 atom stereocenters. The molecule has 0 aliphatic carbocycles. The molecule has 0 radical (unpaired) electrons. The van der Waals surface area contributed by atoms with Crippen LogP contribution in [0.25, 0.3) is 0 Å². The van der Waals surface area contributed by atoms with Crippen molar-refractivity contribution >= 4 is 0 Å². The third kappa shape index (κ3) is 7.31. The molecular formula is C16H27NO2. The topological polar surface area (TPSA) is 30.5 Å². The van der Waals surface area contributed by atoms with Crippen LogP contribution in [0, 0.1) is 0 Å². The van der Waals surface area contributed by atoms with E-state index in [-0.39, 0.29) is 6.10 Å². The Bertz CT molecular complexity index is 352. The zero-order valence-electron chi connectivity index (χ0n) is 12.6. The molecule has 0 spiro atoms. The quantitative estimate of drug-likeness (QED) is 0.744. The van der Waals surface area contributed by atoms with Crippen LogP contribution >= 0.6 is 0 Å². The third-order valence-corrected chi connectivity index (χ3v) is 2.80. The van der Waals surface area contributed by atoms with Crippen LogP contribution in [0.15, 0.2) is 24.3 Å². The van der Waals surface area contributed by atoms with Gasteiger partial charge in [-0.25, -0.2) is 0 Å². The average molecular weight is 265 g/mol. The van der Waals surface area contributed by atoms with Gasteiger partial charge in [0.25, 0.3) is 0 Å². The predicted octanol–water partition coefficient (Wildman–Crippen LogP) is 3.13. The summed E-state index contributed by atoms with van der Waals surface area (Å²) in [5.41, 5.74) is 2.51. The molecule has 0 aliphatic rings. The van der Waals surface area contributed by atoms with Crippen molar-refractivity contribution in [1.29, 1.82) is 0 Å². The minimum Gasteiger partial charge on any atom is -0.379 e. The van der Waals surface area contributed by atoms with E-state index in [1.54, 1.807) is 0 Å². The molecule has 1 N–H and O–H groups in total. The zero-order chi connectivity index (χ0) is 14.1. The van der Waals surface area contributed by atoms with Crippen molar-refractivity contribution in [2.75, 3.05) is 13.2 Å². The summed E-state index contributed by atoms with van der Waals surface area (Å²) in [6.45, 7) is 11.3. The van der Waals surface area contributed by atoms with Gasteiger partial charge in [0.2, 0.25) is 0 Å². The normalized spacial score (nSPS) is 12.9. The fourth-order valence-corrected chi connectivity index (χ4v) is 1.72. The molecule has 19 heavy (non-hydrogen) atoms. The fourth-order valence-electron chi connectivity index (χ4n) is 1.72. The van der Waals surface area contributed by atoms with E-state index < -0.39 is 0 Å². The van der Waals surface area contributed by atoms with Crippen LogP contribution in [0.4, 0.5) is 0 Å². The van der Waals surface area contributed by atoms with Crippen LogP contribution in [0.5, 0.6) is 0 Å². The minimum absolute atomic E-state index is 0.136. The maximum Gasteiger partial charge on any atom is 0.0785 e. The molecule has 0 amide bonds. The van der Waals surface area contributed by atoms with Crippen molar-refractivity contribution < 1.29 is 9.47 Å². The van der Waals surface area contributed by atoms with E-state index in [0.29, 0.717) is 19.3 Å². The Hall–Kier alpha value is -0.900. The number of ether oxygens (including phenoxy) is 2. The predicted molar refractivity (Wildman–Crippen MR) is 79.2 cm³/mol. The number of nitrogens with one attached hydrogen (secondary N) is 1. The Morgan fingerprint density at radius 2 is 1.89 bits per heavy atom. The maximum atomic E-state index is 5.77. The summed E-state index contributed by atoms with van der Waals surface area (Å²) in [5.74, 6) is 0. The van der Waals surface area contributed by atoms with Crippen molar-refractivity contribution in [3.8, 4) is 0 Å². The minimum atomic E-state index is 0.136. The van der Waals surface area contributed by atoms with Crippen LogP contribution in [0.1, 0.15) is 38.8 Å². The lowest BCUT2D eigenvalue weighted by Gasteiger charge is -2.14. The number of hydrogen-bond acceptors (Lipinski definition) is 3. The smallest absolute Gasteiger partial charge is 0.0785 e. The molecule has 0 heterocycles. The van der Waals surface area contributed by atoms with Gasteiger partial charge in [0.05, 0.1) is 19.3 Å². The molecule has 1 unspecified atom stereocenters. The lowest BCUT2D eigenvalue weighted by atomic mass is 10.1. The standard InChI is InChI=1S/C16H27NO2/c1-5-18-11-14(4)19-12-16-8-6-7-15(9-16)10-17-13(2)3/h6-9,13-14,17H,5,10-12H2,1-4H3. The van der Waals surface area contributed by atoms with Gasteiger partial charge < -0.3 is 14.8 Å². The highest BCUT2D eigenvalue weighted by Crippen LogP contribution is 2.08. The average Bonchev–Trinajstić information content (AvgIpc) is 2.41. The van der Waals surface area contributed by atoms with E-state index in [1.807, 2.05) is 13.8 Å². The van der Waals surface area contributed by atoms with Crippen molar-refractivity contribution in [2.45, 2.75) is 53.0 Å². The Morgan fingerprint density at radius 3 is 2.58 bits per heavy atom. The summed E-state index contributed by atoms with van der Waals surface area (Å²) < 4.78 is 11.1. The largest absolute Gasteiger partial charge is 0.379 e. The van der Waals surface area contributed by atoms with Crippen molar-refractivity contribution in [3.63, 3.8) is 0 Å². The molecular weight excluding hydrogens is 238 g/mol. The van der Waals surface area contributed by atoms with Crippen LogP contribution in [0.3, 0.4) is 0 Å². The van der Waals surface area contributed by atoms with E-state index in [1.165, 1.54) is 11.1 Å². The SMILES string of the molecule is CCOCC(C)OCc1cccc(CNC(C)C)c1. The number of benzene rings is 1. The molecule has 0 aromatic heterocycles. The summed E-state index contributed by atoms with van der Waals surface area (Å²) >= 11 is 0. The first-order chi connectivity index (χ1) is 9.11. The molecule has 1 aromatic carbocycles. The van der Waals surface area contributed by atoms with Gasteiger partial charge in [-0.2, -0.15) is 0 Å². The van der Waals surface area contributed by atoms with Crippen LogP contribution in [-0.2, 0) is 22.6 Å². The fraction of sp³-hybridized carbons (Fsp3) is 0.625. The highest BCUT2D eigenvalue weighted by atomic mass is 16.5. The van der Waals surface area contributed by atoms with E-state index >= 15 is 0 Å². The van der Waals surface area contributed by atoms with Gasteiger partial charge in [-0.3, -0.25) is 0 Å². The first kappa shape index (κ1) is 16.2. The maximum absolute atomic E-state index is 5.77. The molecule has 3 nitrogen and oxygen atoms in total. The molecule has 0 aliphatic heterocycles. The number of hydrogen-bond donors (Lipinski definition) is 1. The highest BCUT2D eigenvalue weighted by molar-refractivity contribution is 5.22. The second kappa shape index (κ2) is 9.08. The van der Waals surface area contributed by atoms with Crippen molar-refractivity contribution in [2.24, 2.45) is 0 Å². The molecule has 1 rings (SSSR count). The second-order valence-corrected chi connectivity index (χ2v) is 5.14. The lowest BCUT2D eigenvalue weighted by molar-refractivity contribution is -0.0116. The highest BCUT2D eigenvalue weighted by Gasteiger charge is 2.03. The Labute approximate surface area is 117 Å². The first-order valence-electron chi connectivity index (χ1n) is 7.12. The summed E-state index contributed by atoms with van der Waals surface area (Å²) in [5, 5.41) is 3.42. The molecule has 0 bridgehead atoms. The van der Waals surface area contributed by atoms with Gasteiger partial charge in [0.15, 0.2) is 0 Å². The van der Waals surface area contributed by atoms with Gasteiger partial charge in [-0.1, -0.05) is 38.1 Å². The molecule has 0 saturated carbocycles. The van der Waals surface area contributed by atoms with Crippen molar-refractivity contribution in [3.05, 3.63) is 35.4 Å². The molecule has 3 heteroatoms. The van der Waals surface area contributed by atoms with Gasteiger partial charge in [-0.05, 0) is 25.0 Å². The van der Waals surface area contributed by atoms with Crippen LogP contribution in [0.2, 0.25) is 0 Å². The van der Waals surface area contributed by atoms with E-state index in [4.69, 9.17) is 9.47 Å². The van der Waals surface area contributed by atoms with Crippen molar-refractivity contribution in [1.82, 2.24) is 5.32 Å².